The molecule has 1 saturated heterocycles. The summed E-state index contributed by atoms with van der Waals surface area (Å²) in [6, 6.07) is 4.64. The minimum absolute atomic E-state index is 0.327. The molecular formula is C10H13FN2O. The Morgan fingerprint density at radius 3 is 2.86 bits per heavy atom. The van der Waals surface area contributed by atoms with Crippen LogP contribution in [0.4, 0.5) is 15.8 Å². The molecule has 0 radical (unpaired) electrons. The molecule has 0 aromatic heterocycles. The fourth-order valence-electron chi connectivity index (χ4n) is 1.51. The first-order chi connectivity index (χ1) is 6.77. The molecule has 0 atom stereocenters. The highest BCUT2D eigenvalue weighted by Gasteiger charge is 2.15. The van der Waals surface area contributed by atoms with E-state index in [0.29, 0.717) is 18.0 Å². The van der Waals surface area contributed by atoms with E-state index in [1.807, 2.05) is 0 Å². The highest BCUT2D eigenvalue weighted by Crippen LogP contribution is 2.23. The first-order valence-corrected chi connectivity index (χ1v) is 4.73. The number of nitrogens with two attached hydrogens (primary N) is 1. The maximum atomic E-state index is 13.4. The summed E-state index contributed by atoms with van der Waals surface area (Å²) in [6.45, 7) is 1.39. The molecule has 1 fully saturated rings. The molecule has 76 valence electrons. The summed E-state index contributed by atoms with van der Waals surface area (Å²) in [7, 11) is 0. The van der Waals surface area contributed by atoms with Crippen molar-refractivity contribution in [2.45, 2.75) is 12.8 Å². The van der Waals surface area contributed by atoms with Crippen LogP contribution in [0, 0.1) is 5.82 Å². The maximum Gasteiger partial charge on any atom is 0.150 e. The number of hydrogen-bond donors (Lipinski definition) is 1. The molecule has 1 aromatic rings. The van der Waals surface area contributed by atoms with Gasteiger partial charge in [0, 0.05) is 12.2 Å². The number of halogens is 1. The Labute approximate surface area is 82.2 Å². The van der Waals surface area contributed by atoms with E-state index >= 15 is 0 Å². The molecular weight excluding hydrogens is 183 g/mol. The van der Waals surface area contributed by atoms with E-state index in [0.717, 1.165) is 19.4 Å². The first-order valence-electron chi connectivity index (χ1n) is 4.73. The summed E-state index contributed by atoms with van der Waals surface area (Å²) in [4.78, 5) is 5.34. The largest absolute Gasteiger partial charge is 0.399 e. The molecule has 0 spiro atoms. The monoisotopic (exact) mass is 196 g/mol. The van der Waals surface area contributed by atoms with Crippen molar-refractivity contribution in [3.8, 4) is 0 Å². The molecule has 2 N–H and O–H groups in total. The van der Waals surface area contributed by atoms with Crippen molar-refractivity contribution < 1.29 is 9.23 Å². The lowest BCUT2D eigenvalue weighted by Crippen LogP contribution is -2.30. The average Bonchev–Trinajstić information content (AvgIpc) is 2.19. The number of hydrogen-bond acceptors (Lipinski definition) is 3. The van der Waals surface area contributed by atoms with E-state index in [1.165, 1.54) is 6.07 Å². The van der Waals surface area contributed by atoms with Gasteiger partial charge in [0.1, 0.15) is 0 Å². The second kappa shape index (κ2) is 3.84. The summed E-state index contributed by atoms with van der Waals surface area (Å²) in [5, 5.41) is 1.60. The molecule has 0 amide bonds. The van der Waals surface area contributed by atoms with Crippen LogP contribution in [0.5, 0.6) is 0 Å². The van der Waals surface area contributed by atoms with Crippen LogP contribution in [0.1, 0.15) is 12.8 Å². The molecule has 0 bridgehead atoms. The van der Waals surface area contributed by atoms with Crippen LogP contribution in [0.3, 0.4) is 0 Å². The zero-order chi connectivity index (χ0) is 9.97. The summed E-state index contributed by atoms with van der Waals surface area (Å²) in [5.74, 6) is -0.327. The predicted molar refractivity (Wildman–Crippen MR) is 53.3 cm³/mol. The SMILES string of the molecule is Nc1ccc(N2CCCCO2)c(F)c1. The maximum absolute atomic E-state index is 13.4. The van der Waals surface area contributed by atoms with Gasteiger partial charge in [-0.2, -0.15) is 0 Å². The van der Waals surface area contributed by atoms with Crippen LogP contribution >= 0.6 is 0 Å². The third-order valence-corrected chi connectivity index (χ3v) is 2.24. The summed E-state index contributed by atoms with van der Waals surface area (Å²) >= 11 is 0. The number of hydroxylamine groups is 1. The normalized spacial score (nSPS) is 17.1. The fourth-order valence-corrected chi connectivity index (χ4v) is 1.51. The molecule has 1 aliphatic heterocycles. The highest BCUT2D eigenvalue weighted by molar-refractivity contribution is 5.53. The number of anilines is 2. The Balaban J connectivity index is 2.22. The standard InChI is InChI=1S/C10H13FN2O/c11-9-7-8(12)3-4-10(9)13-5-1-2-6-14-13/h3-4,7H,1-2,5-6,12H2. The van der Waals surface area contributed by atoms with Crippen LogP contribution in [-0.2, 0) is 4.84 Å². The Bertz CT molecular complexity index is 324. The van der Waals surface area contributed by atoms with E-state index < -0.39 is 0 Å². The number of nitrogens with zero attached hydrogens (tertiary/aromatic N) is 1. The second-order valence-corrected chi connectivity index (χ2v) is 3.35. The third kappa shape index (κ3) is 1.80. The molecule has 0 unspecified atom stereocenters. The van der Waals surface area contributed by atoms with Gasteiger partial charge in [-0.25, -0.2) is 4.39 Å². The van der Waals surface area contributed by atoms with Crippen molar-refractivity contribution >= 4 is 11.4 Å². The summed E-state index contributed by atoms with van der Waals surface area (Å²) in [5.41, 5.74) is 6.36. The molecule has 3 nitrogen and oxygen atoms in total. The van der Waals surface area contributed by atoms with Gasteiger partial charge in [0.05, 0.1) is 12.3 Å². The van der Waals surface area contributed by atoms with Gasteiger partial charge in [-0.1, -0.05) is 0 Å². The average molecular weight is 196 g/mol. The van der Waals surface area contributed by atoms with Gasteiger partial charge in [-0.3, -0.25) is 9.90 Å². The van der Waals surface area contributed by atoms with Crippen molar-refractivity contribution in [1.29, 1.82) is 0 Å². The number of rotatable bonds is 1. The Morgan fingerprint density at radius 2 is 2.21 bits per heavy atom. The van der Waals surface area contributed by atoms with E-state index in [-0.39, 0.29) is 5.82 Å². The van der Waals surface area contributed by atoms with Gasteiger partial charge in [-0.15, -0.1) is 0 Å². The molecule has 14 heavy (non-hydrogen) atoms. The molecule has 1 aliphatic rings. The van der Waals surface area contributed by atoms with Crippen LogP contribution in [0.2, 0.25) is 0 Å². The van der Waals surface area contributed by atoms with Crippen molar-refractivity contribution in [3.05, 3.63) is 24.0 Å². The summed E-state index contributed by atoms with van der Waals surface area (Å²) in [6.07, 6.45) is 2.07. The van der Waals surface area contributed by atoms with Gasteiger partial charge in [-0.05, 0) is 31.0 Å². The minimum atomic E-state index is -0.327. The van der Waals surface area contributed by atoms with Crippen LogP contribution < -0.4 is 10.8 Å². The lowest BCUT2D eigenvalue weighted by Gasteiger charge is -2.28. The van der Waals surface area contributed by atoms with Crippen molar-refractivity contribution in [2.75, 3.05) is 23.9 Å². The third-order valence-electron chi connectivity index (χ3n) is 2.24. The van der Waals surface area contributed by atoms with Gasteiger partial charge in [0.25, 0.3) is 0 Å². The Kier molecular flexibility index (Phi) is 2.54. The quantitative estimate of drug-likeness (QED) is 0.697. The zero-order valence-electron chi connectivity index (χ0n) is 7.87. The molecule has 0 aliphatic carbocycles. The van der Waals surface area contributed by atoms with Gasteiger partial charge in [0.2, 0.25) is 0 Å². The topological polar surface area (TPSA) is 38.5 Å². The fraction of sp³-hybridized carbons (Fsp3) is 0.400. The predicted octanol–water partition coefficient (Wildman–Crippen LogP) is 1.94. The van der Waals surface area contributed by atoms with Gasteiger partial charge in [0.15, 0.2) is 5.82 Å². The number of nitrogen functional groups attached to an aromatic ring is 1. The smallest absolute Gasteiger partial charge is 0.150 e. The molecule has 1 aromatic carbocycles. The Morgan fingerprint density at radius 1 is 1.36 bits per heavy atom. The van der Waals surface area contributed by atoms with E-state index in [1.54, 1.807) is 17.2 Å². The summed E-state index contributed by atoms with van der Waals surface area (Å²) < 4.78 is 13.4. The molecule has 0 saturated carbocycles. The van der Waals surface area contributed by atoms with Crippen LogP contribution in [0.25, 0.3) is 0 Å². The zero-order valence-corrected chi connectivity index (χ0v) is 7.87. The van der Waals surface area contributed by atoms with E-state index in [4.69, 9.17) is 10.6 Å². The molecule has 4 heteroatoms. The van der Waals surface area contributed by atoms with E-state index in [9.17, 15) is 4.39 Å². The minimum Gasteiger partial charge on any atom is -0.399 e. The Hall–Kier alpha value is -1.29. The first kappa shape index (κ1) is 9.27. The lowest BCUT2D eigenvalue weighted by molar-refractivity contribution is 0.0764. The van der Waals surface area contributed by atoms with Crippen molar-refractivity contribution in [3.63, 3.8) is 0 Å². The molecule has 1 heterocycles. The van der Waals surface area contributed by atoms with Crippen molar-refractivity contribution in [2.24, 2.45) is 0 Å². The van der Waals surface area contributed by atoms with Crippen molar-refractivity contribution in [1.82, 2.24) is 0 Å². The van der Waals surface area contributed by atoms with Crippen LogP contribution in [-0.4, -0.2) is 13.2 Å². The lowest BCUT2D eigenvalue weighted by atomic mass is 10.2. The van der Waals surface area contributed by atoms with Crippen LogP contribution in [0.15, 0.2) is 18.2 Å². The molecule has 2 rings (SSSR count). The van der Waals surface area contributed by atoms with Gasteiger partial charge >= 0.3 is 0 Å². The van der Waals surface area contributed by atoms with Gasteiger partial charge < -0.3 is 5.73 Å². The van der Waals surface area contributed by atoms with E-state index in [2.05, 4.69) is 0 Å². The highest BCUT2D eigenvalue weighted by atomic mass is 19.1. The number of benzene rings is 1. The second-order valence-electron chi connectivity index (χ2n) is 3.35.